The van der Waals surface area contributed by atoms with E-state index in [0.717, 1.165) is 13.2 Å². The maximum Gasteiger partial charge on any atom is 0.0466 e. The molecule has 0 aliphatic heterocycles. The van der Waals surface area contributed by atoms with E-state index in [4.69, 9.17) is 4.74 Å². The molecule has 0 radical (unpaired) electrons. The molecule has 0 unspecified atom stereocenters. The summed E-state index contributed by atoms with van der Waals surface area (Å²) in [5.41, 5.74) is 3.00. The molecule has 0 atom stereocenters. The zero-order valence-electron chi connectivity index (χ0n) is 22.0. The van der Waals surface area contributed by atoms with Gasteiger partial charge in [0.1, 0.15) is 0 Å². The zero-order chi connectivity index (χ0) is 23.0. The Labute approximate surface area is 202 Å². The molecule has 0 aliphatic rings. The predicted octanol–water partition coefficient (Wildman–Crippen LogP) is 10.4. The minimum Gasteiger partial charge on any atom is -0.381 e. The Balaban J connectivity index is 1.68. The second-order valence-electron chi connectivity index (χ2n) is 10.0. The topological polar surface area (TPSA) is 9.23 Å². The van der Waals surface area contributed by atoms with Gasteiger partial charge in [-0.25, -0.2) is 0 Å². The van der Waals surface area contributed by atoms with Crippen molar-refractivity contribution in [3.05, 3.63) is 35.4 Å². The second kappa shape index (κ2) is 23.3. The van der Waals surface area contributed by atoms with Crippen molar-refractivity contribution in [2.24, 2.45) is 0 Å². The summed E-state index contributed by atoms with van der Waals surface area (Å²) < 4.78 is 5.83. The molecule has 0 spiro atoms. The minimum absolute atomic E-state index is 0.984. The molecule has 1 aromatic rings. The third-order valence-electron chi connectivity index (χ3n) is 6.89. The molecule has 186 valence electrons. The van der Waals surface area contributed by atoms with Gasteiger partial charge in [-0.3, -0.25) is 0 Å². The lowest BCUT2D eigenvalue weighted by molar-refractivity contribution is 0.125. The van der Waals surface area contributed by atoms with Gasteiger partial charge in [0.25, 0.3) is 0 Å². The number of unbranched alkanes of at least 4 members (excludes halogenated alkanes) is 18. The molecule has 0 N–H and O–H groups in total. The summed E-state index contributed by atoms with van der Waals surface area (Å²) in [5.74, 6) is 0. The Kier molecular flexibility index (Phi) is 21.3. The average Bonchev–Trinajstić information content (AvgIpc) is 2.80. The second-order valence-corrected chi connectivity index (χ2v) is 10.0. The molecule has 1 aromatic carbocycles. The fourth-order valence-electron chi connectivity index (χ4n) is 4.62. The highest BCUT2D eigenvalue weighted by Crippen LogP contribution is 2.15. The third-order valence-corrected chi connectivity index (χ3v) is 6.89. The molecule has 1 rings (SSSR count). The van der Waals surface area contributed by atoms with Crippen LogP contribution in [0.25, 0.3) is 0 Å². The SMILES string of the molecule is CCCCCCCCCCCCOCCCCCCCCCCCCc1ccccc1C. The van der Waals surface area contributed by atoms with Crippen molar-refractivity contribution in [3.63, 3.8) is 0 Å². The van der Waals surface area contributed by atoms with Gasteiger partial charge >= 0.3 is 0 Å². The van der Waals surface area contributed by atoms with Crippen molar-refractivity contribution in [3.8, 4) is 0 Å². The summed E-state index contributed by atoms with van der Waals surface area (Å²) in [5, 5.41) is 0. The number of hydrogen-bond acceptors (Lipinski definition) is 1. The van der Waals surface area contributed by atoms with E-state index < -0.39 is 0 Å². The molecule has 0 amide bonds. The van der Waals surface area contributed by atoms with E-state index in [9.17, 15) is 0 Å². The highest BCUT2D eigenvalue weighted by Gasteiger charge is 1.98. The summed E-state index contributed by atoms with van der Waals surface area (Å²) >= 11 is 0. The van der Waals surface area contributed by atoms with Crippen LogP contribution in [0, 0.1) is 6.92 Å². The van der Waals surface area contributed by atoms with Gasteiger partial charge in [-0.05, 0) is 43.7 Å². The predicted molar refractivity (Wildman–Crippen MR) is 144 cm³/mol. The van der Waals surface area contributed by atoms with Gasteiger partial charge < -0.3 is 4.74 Å². The lowest BCUT2D eigenvalue weighted by atomic mass is 10.0. The molecular formula is C31H56O. The molecule has 32 heavy (non-hydrogen) atoms. The first-order chi connectivity index (χ1) is 15.8. The molecule has 0 aromatic heterocycles. The largest absolute Gasteiger partial charge is 0.381 e. The van der Waals surface area contributed by atoms with E-state index in [2.05, 4.69) is 38.1 Å². The van der Waals surface area contributed by atoms with Crippen molar-refractivity contribution < 1.29 is 4.74 Å². The number of ether oxygens (including phenoxy) is 1. The Bertz CT molecular complexity index is 495. The first-order valence-electron chi connectivity index (χ1n) is 14.5. The average molecular weight is 445 g/mol. The van der Waals surface area contributed by atoms with Crippen LogP contribution < -0.4 is 0 Å². The Morgan fingerprint density at radius 2 is 0.906 bits per heavy atom. The minimum atomic E-state index is 0.984. The van der Waals surface area contributed by atoms with Gasteiger partial charge in [-0.15, -0.1) is 0 Å². The molecule has 0 heterocycles. The first-order valence-corrected chi connectivity index (χ1v) is 14.5. The van der Waals surface area contributed by atoms with Gasteiger partial charge in [-0.1, -0.05) is 140 Å². The standard InChI is InChI=1S/C31H56O/c1-3-4-5-6-7-8-12-15-18-23-28-32-29-24-19-16-13-10-9-11-14-17-20-26-31-27-22-21-25-30(31)2/h21-22,25,27H,3-20,23-24,26,28-29H2,1-2H3. The highest BCUT2D eigenvalue weighted by atomic mass is 16.5. The molecule has 0 saturated carbocycles. The van der Waals surface area contributed by atoms with E-state index in [0.29, 0.717) is 0 Å². The maximum atomic E-state index is 5.83. The summed E-state index contributed by atoms with van der Waals surface area (Å²) in [4.78, 5) is 0. The molecule has 0 aliphatic carbocycles. The van der Waals surface area contributed by atoms with E-state index in [-0.39, 0.29) is 0 Å². The van der Waals surface area contributed by atoms with Crippen molar-refractivity contribution in [2.75, 3.05) is 13.2 Å². The van der Waals surface area contributed by atoms with Gasteiger partial charge in [0.2, 0.25) is 0 Å². The van der Waals surface area contributed by atoms with E-state index in [1.807, 2.05) is 0 Å². The van der Waals surface area contributed by atoms with Crippen LogP contribution in [0.5, 0.6) is 0 Å². The number of benzene rings is 1. The van der Waals surface area contributed by atoms with Crippen molar-refractivity contribution in [1.82, 2.24) is 0 Å². The van der Waals surface area contributed by atoms with Crippen LogP contribution in [-0.2, 0) is 11.2 Å². The van der Waals surface area contributed by atoms with Crippen LogP contribution >= 0.6 is 0 Å². The van der Waals surface area contributed by atoms with Crippen LogP contribution in [0.3, 0.4) is 0 Å². The van der Waals surface area contributed by atoms with Gasteiger partial charge in [0.05, 0.1) is 0 Å². The third kappa shape index (κ3) is 18.7. The molecule has 0 bridgehead atoms. The summed E-state index contributed by atoms with van der Waals surface area (Å²) in [6.07, 6.45) is 29.2. The van der Waals surface area contributed by atoms with Crippen LogP contribution in [-0.4, -0.2) is 13.2 Å². The van der Waals surface area contributed by atoms with Crippen LogP contribution in [0.15, 0.2) is 24.3 Å². The lowest BCUT2D eigenvalue weighted by Gasteiger charge is -2.06. The Morgan fingerprint density at radius 1 is 0.500 bits per heavy atom. The zero-order valence-corrected chi connectivity index (χ0v) is 22.0. The van der Waals surface area contributed by atoms with E-state index in [1.54, 1.807) is 5.56 Å². The fraction of sp³-hybridized carbons (Fsp3) is 0.806. The first kappa shape index (κ1) is 29.2. The van der Waals surface area contributed by atoms with Crippen LogP contribution in [0.2, 0.25) is 0 Å². The molecule has 0 fully saturated rings. The quantitative estimate of drug-likeness (QED) is 0.144. The summed E-state index contributed by atoms with van der Waals surface area (Å²) in [6.45, 7) is 6.50. The summed E-state index contributed by atoms with van der Waals surface area (Å²) in [7, 11) is 0. The molecule has 1 nitrogen and oxygen atoms in total. The fourth-order valence-corrected chi connectivity index (χ4v) is 4.62. The van der Waals surface area contributed by atoms with Gasteiger partial charge in [0, 0.05) is 13.2 Å². The van der Waals surface area contributed by atoms with Gasteiger partial charge in [0.15, 0.2) is 0 Å². The number of aryl methyl sites for hydroxylation is 2. The van der Waals surface area contributed by atoms with Crippen LogP contribution in [0.1, 0.15) is 146 Å². The van der Waals surface area contributed by atoms with E-state index >= 15 is 0 Å². The molecule has 1 heteroatoms. The Morgan fingerprint density at radius 3 is 1.38 bits per heavy atom. The van der Waals surface area contributed by atoms with Crippen molar-refractivity contribution >= 4 is 0 Å². The number of rotatable bonds is 24. The van der Waals surface area contributed by atoms with E-state index in [1.165, 1.54) is 140 Å². The number of hydrogen-bond donors (Lipinski definition) is 0. The smallest absolute Gasteiger partial charge is 0.0466 e. The van der Waals surface area contributed by atoms with Gasteiger partial charge in [-0.2, -0.15) is 0 Å². The molecular weight excluding hydrogens is 388 g/mol. The normalized spacial score (nSPS) is 11.3. The molecule has 0 saturated heterocycles. The monoisotopic (exact) mass is 444 g/mol. The highest BCUT2D eigenvalue weighted by molar-refractivity contribution is 5.25. The van der Waals surface area contributed by atoms with Crippen molar-refractivity contribution in [1.29, 1.82) is 0 Å². The summed E-state index contributed by atoms with van der Waals surface area (Å²) in [6, 6.07) is 8.84. The Hall–Kier alpha value is -0.820. The van der Waals surface area contributed by atoms with Crippen LogP contribution in [0.4, 0.5) is 0 Å². The maximum absolute atomic E-state index is 5.83. The lowest BCUT2D eigenvalue weighted by Crippen LogP contribution is -1.97. The van der Waals surface area contributed by atoms with Crippen molar-refractivity contribution in [2.45, 2.75) is 149 Å².